The van der Waals surface area contributed by atoms with Crippen molar-refractivity contribution >= 4 is 29.5 Å². The molecule has 3 aromatic rings. The summed E-state index contributed by atoms with van der Waals surface area (Å²) < 4.78 is 5.67. The lowest BCUT2D eigenvalue weighted by atomic mass is 9.94. The van der Waals surface area contributed by atoms with E-state index in [0.29, 0.717) is 5.56 Å². The van der Waals surface area contributed by atoms with Crippen LogP contribution in [0.15, 0.2) is 48.0 Å². The van der Waals surface area contributed by atoms with Crippen LogP contribution in [0.3, 0.4) is 0 Å². The monoisotopic (exact) mass is 358 g/mol. The molecule has 1 aliphatic rings. The van der Waals surface area contributed by atoms with Crippen molar-refractivity contribution in [2.24, 2.45) is 0 Å². The first-order chi connectivity index (χ1) is 12.7. The van der Waals surface area contributed by atoms with Crippen molar-refractivity contribution in [1.82, 2.24) is 4.98 Å². The first-order valence-corrected chi connectivity index (χ1v) is 8.97. The van der Waals surface area contributed by atoms with Crippen molar-refractivity contribution < 1.29 is 9.53 Å². The van der Waals surface area contributed by atoms with E-state index in [4.69, 9.17) is 4.74 Å². The molecule has 2 heterocycles. The summed E-state index contributed by atoms with van der Waals surface area (Å²) in [6.07, 6.45) is 4.96. The van der Waals surface area contributed by atoms with Gasteiger partial charge in [-0.25, -0.2) is 0 Å². The van der Waals surface area contributed by atoms with Crippen LogP contribution < -0.4 is 0 Å². The molecule has 1 atom stereocenters. The quantitative estimate of drug-likeness (QED) is 0.616. The molecule has 0 saturated heterocycles. The Morgan fingerprint density at radius 1 is 1.23 bits per heavy atom. The molecule has 126 valence electrons. The van der Waals surface area contributed by atoms with E-state index in [2.05, 4.69) is 11.1 Å². The van der Waals surface area contributed by atoms with Gasteiger partial charge in [-0.1, -0.05) is 24.3 Å². The van der Waals surface area contributed by atoms with E-state index in [1.54, 1.807) is 17.4 Å². The van der Waals surface area contributed by atoms with Gasteiger partial charge < -0.3 is 4.74 Å². The Balaban J connectivity index is 1.94. The summed E-state index contributed by atoms with van der Waals surface area (Å²) in [7, 11) is 0. The average molecular weight is 358 g/mol. The fourth-order valence-electron chi connectivity index (χ4n) is 3.14. The first-order valence-electron chi connectivity index (χ1n) is 8.09. The maximum atomic E-state index is 11.8. The van der Waals surface area contributed by atoms with Crippen molar-refractivity contribution in [2.45, 2.75) is 13.0 Å². The lowest BCUT2D eigenvalue weighted by Crippen LogP contribution is -2.13. The van der Waals surface area contributed by atoms with Crippen LogP contribution in [0.25, 0.3) is 22.6 Å². The number of thiophene rings is 1. The molecule has 4 rings (SSSR count). The molecule has 0 N–H and O–H groups in total. The Hall–Kier alpha value is -3.23. The highest BCUT2D eigenvalue weighted by atomic mass is 32.1. The van der Waals surface area contributed by atoms with Gasteiger partial charge in [0.1, 0.15) is 0 Å². The molecule has 0 radical (unpaired) electrons. The molecule has 1 unspecified atom stereocenters. The van der Waals surface area contributed by atoms with E-state index in [0.717, 1.165) is 32.8 Å². The Bertz CT molecular complexity index is 1060. The van der Waals surface area contributed by atoms with Crippen LogP contribution in [-0.4, -0.2) is 11.0 Å². The van der Waals surface area contributed by atoms with E-state index in [-0.39, 0.29) is 5.97 Å². The fourth-order valence-corrected chi connectivity index (χ4v) is 3.85. The van der Waals surface area contributed by atoms with Crippen LogP contribution >= 0.6 is 11.3 Å². The summed E-state index contributed by atoms with van der Waals surface area (Å²) >= 11 is 1.63. The molecule has 5 heteroatoms. The Morgan fingerprint density at radius 3 is 2.85 bits per heavy atom. The predicted octanol–water partition coefficient (Wildman–Crippen LogP) is 4.82. The highest BCUT2D eigenvalue weighted by molar-refractivity contribution is 7.13. The van der Waals surface area contributed by atoms with E-state index < -0.39 is 6.10 Å². The van der Waals surface area contributed by atoms with Crippen molar-refractivity contribution in [3.05, 3.63) is 75.9 Å². The normalized spacial score (nSPS) is 14.7. The summed E-state index contributed by atoms with van der Waals surface area (Å²) in [5.74, 6) is -0.377. The summed E-state index contributed by atoms with van der Waals surface area (Å²) in [6, 6.07) is 13.7. The first kappa shape index (κ1) is 16.2. The van der Waals surface area contributed by atoms with Gasteiger partial charge in [0.15, 0.2) is 6.10 Å². The molecule has 1 aliphatic carbocycles. The maximum Gasteiger partial charge on any atom is 0.303 e. The van der Waals surface area contributed by atoms with E-state index in [1.807, 2.05) is 54.1 Å². The molecular weight excluding hydrogens is 344 g/mol. The molecule has 0 spiro atoms. The van der Waals surface area contributed by atoms with Crippen LogP contribution in [0.5, 0.6) is 0 Å². The van der Waals surface area contributed by atoms with Gasteiger partial charge >= 0.3 is 5.97 Å². The lowest BCUT2D eigenvalue weighted by Gasteiger charge is -2.20. The molecular formula is C21H14N2O2S. The minimum atomic E-state index is -0.604. The van der Waals surface area contributed by atoms with Gasteiger partial charge in [-0.2, -0.15) is 5.26 Å². The van der Waals surface area contributed by atoms with Crippen molar-refractivity contribution in [2.75, 3.05) is 0 Å². The number of rotatable bonds is 2. The number of aromatic nitrogens is 1. The Kier molecular flexibility index (Phi) is 4.11. The van der Waals surface area contributed by atoms with Gasteiger partial charge in [-0.3, -0.25) is 9.78 Å². The van der Waals surface area contributed by atoms with Crippen LogP contribution in [0.2, 0.25) is 0 Å². The second-order valence-electron chi connectivity index (χ2n) is 5.92. The summed E-state index contributed by atoms with van der Waals surface area (Å²) in [4.78, 5) is 17.5. The second-order valence-corrected chi connectivity index (χ2v) is 6.87. The van der Waals surface area contributed by atoms with Gasteiger partial charge in [0.25, 0.3) is 0 Å². The fraction of sp³-hybridized carbons (Fsp3) is 0.0952. The van der Waals surface area contributed by atoms with Crippen LogP contribution in [0.1, 0.15) is 41.0 Å². The number of hydrogen-bond acceptors (Lipinski definition) is 5. The number of ether oxygens (including phenoxy) is 1. The highest BCUT2D eigenvalue weighted by Gasteiger charge is 2.26. The van der Waals surface area contributed by atoms with Crippen molar-refractivity contribution in [3.63, 3.8) is 0 Å². The average Bonchev–Trinajstić information content (AvgIpc) is 3.14. The maximum absolute atomic E-state index is 11.8. The zero-order chi connectivity index (χ0) is 18.1. The van der Waals surface area contributed by atoms with Gasteiger partial charge in [-0.15, -0.1) is 11.3 Å². The lowest BCUT2D eigenvalue weighted by molar-refractivity contribution is -0.144. The van der Waals surface area contributed by atoms with Crippen molar-refractivity contribution in [1.29, 1.82) is 5.26 Å². The zero-order valence-electron chi connectivity index (χ0n) is 14.0. The molecule has 2 aromatic heterocycles. The summed E-state index contributed by atoms with van der Waals surface area (Å²) in [5, 5.41) is 11.4. The Morgan fingerprint density at radius 2 is 2.12 bits per heavy atom. The minimum absolute atomic E-state index is 0.377. The van der Waals surface area contributed by atoms with Gasteiger partial charge in [0.2, 0.25) is 0 Å². The molecule has 0 fully saturated rings. The Labute approximate surface area is 155 Å². The predicted molar refractivity (Wildman–Crippen MR) is 101 cm³/mol. The molecule has 0 amide bonds. The number of carbonyl (C=O) groups is 1. The second kappa shape index (κ2) is 6.58. The number of pyridine rings is 1. The zero-order valence-corrected chi connectivity index (χ0v) is 14.8. The van der Waals surface area contributed by atoms with Crippen molar-refractivity contribution in [3.8, 4) is 16.5 Å². The number of benzene rings is 1. The number of carbonyl (C=O) groups excluding carboxylic acids is 1. The van der Waals surface area contributed by atoms with Crippen LogP contribution in [-0.2, 0) is 9.53 Å². The SMILES string of the molecule is CC(=O)OC1c2cc(-c3cccs3)cnc2C=Cc2c(C#N)cccc21. The number of esters is 1. The number of hydrogen-bond donors (Lipinski definition) is 0. The number of nitrogens with zero attached hydrogens (tertiary/aromatic N) is 2. The standard InChI is InChI=1S/C21H14N2O2S/c1-13(24)25-21-17-5-2-4-14(11-22)16(17)7-8-19-18(21)10-15(12-23-19)20-6-3-9-26-20/h2-10,12,21H,1H3. The molecule has 26 heavy (non-hydrogen) atoms. The summed E-state index contributed by atoms with van der Waals surface area (Å²) in [5.41, 5.74) is 4.62. The van der Waals surface area contributed by atoms with Gasteiger partial charge in [-0.05, 0) is 35.2 Å². The third-order valence-corrected chi connectivity index (χ3v) is 5.19. The van der Waals surface area contributed by atoms with Crippen LogP contribution in [0.4, 0.5) is 0 Å². The highest BCUT2D eigenvalue weighted by Crippen LogP contribution is 2.38. The third kappa shape index (κ3) is 2.81. The minimum Gasteiger partial charge on any atom is -0.453 e. The molecule has 0 bridgehead atoms. The smallest absolute Gasteiger partial charge is 0.303 e. The molecule has 4 nitrogen and oxygen atoms in total. The topological polar surface area (TPSA) is 63.0 Å². The number of nitriles is 1. The molecule has 1 aromatic carbocycles. The van der Waals surface area contributed by atoms with Gasteiger partial charge in [0.05, 0.1) is 17.3 Å². The molecule has 0 saturated carbocycles. The van der Waals surface area contributed by atoms with E-state index >= 15 is 0 Å². The van der Waals surface area contributed by atoms with Gasteiger partial charge in [0, 0.05) is 34.7 Å². The largest absolute Gasteiger partial charge is 0.453 e. The summed E-state index contributed by atoms with van der Waals surface area (Å²) in [6.45, 7) is 1.39. The number of fused-ring (bicyclic) bond motifs is 2. The van der Waals surface area contributed by atoms with E-state index in [9.17, 15) is 10.1 Å². The van der Waals surface area contributed by atoms with Crippen LogP contribution in [0, 0.1) is 11.3 Å². The van der Waals surface area contributed by atoms with E-state index in [1.165, 1.54) is 6.92 Å². The molecule has 0 aliphatic heterocycles. The third-order valence-electron chi connectivity index (χ3n) is 4.27.